The second kappa shape index (κ2) is 4.90. The van der Waals surface area contributed by atoms with Gasteiger partial charge in [-0.05, 0) is 12.1 Å². The summed E-state index contributed by atoms with van der Waals surface area (Å²) in [6.07, 6.45) is -4.56. The zero-order chi connectivity index (χ0) is 12.3. The summed E-state index contributed by atoms with van der Waals surface area (Å²) < 4.78 is 42.5. The molecule has 2 N–H and O–H groups in total. The van der Waals surface area contributed by atoms with Crippen LogP contribution in [0.5, 0.6) is 5.75 Å². The van der Waals surface area contributed by atoms with Gasteiger partial charge in [0, 0.05) is 17.1 Å². The molecule has 0 heterocycles. The van der Waals surface area contributed by atoms with Gasteiger partial charge in [-0.1, -0.05) is 11.6 Å². The van der Waals surface area contributed by atoms with Crippen molar-refractivity contribution in [1.82, 2.24) is 5.48 Å². The van der Waals surface area contributed by atoms with Crippen LogP contribution in [0.3, 0.4) is 0 Å². The van der Waals surface area contributed by atoms with Crippen molar-refractivity contribution in [3.8, 4) is 5.75 Å². The average molecular weight is 256 g/mol. The van der Waals surface area contributed by atoms with Crippen LogP contribution in [0, 0.1) is 0 Å². The summed E-state index contributed by atoms with van der Waals surface area (Å²) in [5.41, 5.74) is 0.923. The molecule has 1 aromatic rings. The smallest absolute Gasteiger partial charge is 0.420 e. The van der Waals surface area contributed by atoms with Gasteiger partial charge in [0.25, 0.3) is 0 Å². The van der Waals surface area contributed by atoms with Crippen molar-refractivity contribution >= 4 is 11.6 Å². The molecule has 0 spiro atoms. The zero-order valence-electron chi connectivity index (χ0n) is 8.23. The van der Waals surface area contributed by atoms with E-state index in [2.05, 4.69) is 4.74 Å². The Bertz CT molecular complexity index is 382. The maximum atomic E-state index is 12.6. The third kappa shape index (κ3) is 2.78. The van der Waals surface area contributed by atoms with E-state index in [9.17, 15) is 13.2 Å². The molecule has 0 radical (unpaired) electrons. The van der Waals surface area contributed by atoms with E-state index >= 15 is 0 Å². The number of rotatable bonds is 3. The van der Waals surface area contributed by atoms with Gasteiger partial charge >= 0.3 is 6.18 Å². The standard InChI is InChI=1S/C9H9ClF3NO2/c1-16-8-5(4-14-15)2-6(10)3-7(8)9(11,12)13/h2-3,14-15H,4H2,1H3. The minimum atomic E-state index is -4.56. The van der Waals surface area contributed by atoms with E-state index in [0.717, 1.165) is 13.2 Å². The summed E-state index contributed by atoms with van der Waals surface area (Å²) in [4.78, 5) is 0. The summed E-state index contributed by atoms with van der Waals surface area (Å²) in [6.45, 7) is -0.188. The summed E-state index contributed by atoms with van der Waals surface area (Å²) in [5, 5.41) is 8.42. The summed E-state index contributed by atoms with van der Waals surface area (Å²) in [6, 6.07) is 2.07. The van der Waals surface area contributed by atoms with Crippen LogP contribution in [-0.4, -0.2) is 12.3 Å². The number of halogens is 4. The van der Waals surface area contributed by atoms with Gasteiger partial charge in [-0.15, -0.1) is 0 Å². The van der Waals surface area contributed by atoms with Crippen molar-refractivity contribution < 1.29 is 23.1 Å². The average Bonchev–Trinajstić information content (AvgIpc) is 2.16. The molecule has 0 unspecified atom stereocenters. The molecule has 3 nitrogen and oxygen atoms in total. The number of methoxy groups -OCH3 is 1. The molecule has 0 bridgehead atoms. The van der Waals surface area contributed by atoms with Crippen LogP contribution in [-0.2, 0) is 12.7 Å². The van der Waals surface area contributed by atoms with Crippen molar-refractivity contribution in [2.45, 2.75) is 12.7 Å². The molecule has 0 aliphatic carbocycles. The van der Waals surface area contributed by atoms with E-state index in [1.54, 1.807) is 5.48 Å². The SMILES string of the molecule is COc1c(CNO)cc(Cl)cc1C(F)(F)F. The van der Waals surface area contributed by atoms with E-state index in [1.165, 1.54) is 6.07 Å². The normalized spacial score (nSPS) is 11.6. The Labute approximate surface area is 94.7 Å². The molecular formula is C9H9ClF3NO2. The molecule has 16 heavy (non-hydrogen) atoms. The van der Waals surface area contributed by atoms with Gasteiger partial charge < -0.3 is 9.94 Å². The fourth-order valence-electron chi connectivity index (χ4n) is 1.32. The monoisotopic (exact) mass is 255 g/mol. The highest BCUT2D eigenvalue weighted by Gasteiger charge is 2.35. The maximum absolute atomic E-state index is 12.6. The molecule has 1 aromatic carbocycles. The predicted molar refractivity (Wildman–Crippen MR) is 51.6 cm³/mol. The van der Waals surface area contributed by atoms with Gasteiger partial charge in [0.05, 0.1) is 12.7 Å². The number of alkyl halides is 3. The van der Waals surface area contributed by atoms with E-state index in [4.69, 9.17) is 16.8 Å². The lowest BCUT2D eigenvalue weighted by atomic mass is 10.1. The summed E-state index contributed by atoms with van der Waals surface area (Å²) in [7, 11) is 1.12. The minimum absolute atomic E-state index is 0.0709. The van der Waals surface area contributed by atoms with Gasteiger partial charge in [0.1, 0.15) is 5.75 Å². The molecule has 0 fully saturated rings. The number of nitrogens with one attached hydrogen (secondary N) is 1. The first-order valence-electron chi connectivity index (χ1n) is 4.20. The fraction of sp³-hybridized carbons (Fsp3) is 0.333. The molecule has 7 heteroatoms. The number of ether oxygens (including phenoxy) is 1. The highest BCUT2D eigenvalue weighted by molar-refractivity contribution is 6.30. The third-order valence-electron chi connectivity index (χ3n) is 1.91. The van der Waals surface area contributed by atoms with Crippen LogP contribution in [0.25, 0.3) is 0 Å². The van der Waals surface area contributed by atoms with Crippen molar-refractivity contribution in [1.29, 1.82) is 0 Å². The van der Waals surface area contributed by atoms with Crippen LogP contribution >= 0.6 is 11.6 Å². The van der Waals surface area contributed by atoms with E-state index in [-0.39, 0.29) is 22.9 Å². The van der Waals surface area contributed by atoms with Crippen molar-refractivity contribution in [3.05, 3.63) is 28.3 Å². The van der Waals surface area contributed by atoms with Crippen molar-refractivity contribution in [3.63, 3.8) is 0 Å². The molecule has 0 saturated heterocycles. The molecule has 0 saturated carbocycles. The molecule has 0 aromatic heterocycles. The highest BCUT2D eigenvalue weighted by atomic mass is 35.5. The quantitative estimate of drug-likeness (QED) is 0.816. The third-order valence-corrected chi connectivity index (χ3v) is 2.13. The van der Waals surface area contributed by atoms with Crippen LogP contribution in [0.2, 0.25) is 5.02 Å². The van der Waals surface area contributed by atoms with Crippen LogP contribution < -0.4 is 10.2 Å². The second-order valence-corrected chi connectivity index (χ2v) is 3.41. The largest absolute Gasteiger partial charge is 0.496 e. The van der Waals surface area contributed by atoms with Gasteiger partial charge in [-0.2, -0.15) is 13.2 Å². The number of hydrogen-bond acceptors (Lipinski definition) is 3. The zero-order valence-corrected chi connectivity index (χ0v) is 8.99. The molecule has 0 atom stereocenters. The highest BCUT2D eigenvalue weighted by Crippen LogP contribution is 2.39. The number of hydroxylamine groups is 1. The molecular weight excluding hydrogens is 247 g/mol. The minimum Gasteiger partial charge on any atom is -0.496 e. The lowest BCUT2D eigenvalue weighted by molar-refractivity contribution is -0.138. The Balaban J connectivity index is 3.36. The lowest BCUT2D eigenvalue weighted by Crippen LogP contribution is -2.13. The first-order chi connectivity index (χ1) is 7.40. The Morgan fingerprint density at radius 1 is 1.44 bits per heavy atom. The van der Waals surface area contributed by atoms with E-state index in [1.807, 2.05) is 0 Å². The first kappa shape index (κ1) is 13.1. The van der Waals surface area contributed by atoms with Crippen LogP contribution in [0.1, 0.15) is 11.1 Å². The van der Waals surface area contributed by atoms with Gasteiger partial charge in [-0.25, -0.2) is 5.48 Å². The second-order valence-electron chi connectivity index (χ2n) is 2.98. The van der Waals surface area contributed by atoms with Crippen LogP contribution in [0.15, 0.2) is 12.1 Å². The predicted octanol–water partition coefficient (Wildman–Crippen LogP) is 2.85. The lowest BCUT2D eigenvalue weighted by Gasteiger charge is -2.16. The van der Waals surface area contributed by atoms with Gasteiger partial charge in [0.15, 0.2) is 0 Å². The van der Waals surface area contributed by atoms with Gasteiger partial charge in [0.2, 0.25) is 0 Å². The number of benzene rings is 1. The van der Waals surface area contributed by atoms with Crippen molar-refractivity contribution in [2.24, 2.45) is 0 Å². The van der Waals surface area contributed by atoms with Gasteiger partial charge in [-0.3, -0.25) is 0 Å². The van der Waals surface area contributed by atoms with E-state index in [0.29, 0.717) is 0 Å². The Hall–Kier alpha value is -0.980. The fourth-order valence-corrected chi connectivity index (χ4v) is 1.56. The topological polar surface area (TPSA) is 41.5 Å². The molecule has 0 amide bonds. The Morgan fingerprint density at radius 2 is 2.06 bits per heavy atom. The summed E-state index contributed by atoms with van der Waals surface area (Å²) in [5.74, 6) is -0.349. The first-order valence-corrected chi connectivity index (χ1v) is 4.58. The number of hydrogen-bond donors (Lipinski definition) is 2. The molecule has 1 rings (SSSR count). The van der Waals surface area contributed by atoms with Crippen LogP contribution in [0.4, 0.5) is 13.2 Å². The van der Waals surface area contributed by atoms with E-state index < -0.39 is 11.7 Å². The Morgan fingerprint density at radius 3 is 2.50 bits per heavy atom. The summed E-state index contributed by atoms with van der Waals surface area (Å²) >= 11 is 5.56. The van der Waals surface area contributed by atoms with Crippen molar-refractivity contribution in [2.75, 3.05) is 7.11 Å². The molecule has 0 aliphatic rings. The Kier molecular flexibility index (Phi) is 4.01. The maximum Gasteiger partial charge on any atom is 0.420 e. The molecule has 90 valence electrons. The molecule has 0 aliphatic heterocycles.